The van der Waals surface area contributed by atoms with E-state index in [4.69, 9.17) is 25.7 Å². The van der Waals surface area contributed by atoms with Gasteiger partial charge in [0.2, 0.25) is 0 Å². The monoisotopic (exact) mass is 1090 g/mol. The van der Waals surface area contributed by atoms with Crippen LogP contribution in [0.25, 0.3) is 0 Å². The Morgan fingerprint density at radius 1 is 0.403 bits per heavy atom. The maximum atomic E-state index is 11.6. The minimum Gasteiger partial charge on any atom is -0.300 e. The first-order valence-corrected chi connectivity index (χ1v) is 29.8. The van der Waals surface area contributed by atoms with Crippen LogP contribution in [0.3, 0.4) is 0 Å². The topological polar surface area (TPSA) is 17.1 Å². The van der Waals surface area contributed by atoms with E-state index in [0.717, 1.165) is 6.42 Å². The third-order valence-corrected chi connectivity index (χ3v) is 16.8. The lowest BCUT2D eigenvalue weighted by Crippen LogP contribution is -2.44. The standard InChI is InChI=1S/2C10H20.C9H14.2C7H14.C7H12.C6H8.C6H10.C5H6F6.C3H6O/c2*1-9(2)5-7-10(3,4)8-6-9;1-3-9(4-2)7-5-6-8-9;2*1-7(2)5-3-4-6-7;1-5-7(3,4)6-2;1-3-6(2)4-5-6;1-5-6(2,3)4;1-3(2,4(6,7)8)5(9,10)11;1-3(2)4/h2*5-8H2,1-4H3;1H,4-8H2,2H3;2*3-6H2,1-2H3;1H,6H2,2-4H3;1H,4-5H2,2H3;1H,2-4H3;1-2H3;1-2H3. The zero-order chi connectivity index (χ0) is 61.9. The van der Waals surface area contributed by atoms with Gasteiger partial charge in [0.15, 0.2) is 5.41 Å². The van der Waals surface area contributed by atoms with Crippen molar-refractivity contribution in [2.75, 3.05) is 0 Å². The van der Waals surface area contributed by atoms with Crippen LogP contribution < -0.4 is 0 Å². The van der Waals surface area contributed by atoms with Crippen molar-refractivity contribution in [3.8, 4) is 49.4 Å². The van der Waals surface area contributed by atoms with Crippen LogP contribution in [0.1, 0.15) is 320 Å². The van der Waals surface area contributed by atoms with Crippen LogP contribution in [0.5, 0.6) is 0 Å². The fourth-order valence-electron chi connectivity index (χ4n) is 8.12. The van der Waals surface area contributed by atoms with Gasteiger partial charge in [0.25, 0.3) is 0 Å². The average Bonchev–Trinajstić information content (AvgIpc) is 3.59. The molecule has 0 atom stereocenters. The van der Waals surface area contributed by atoms with Crippen molar-refractivity contribution in [3.63, 3.8) is 0 Å². The number of ketones is 1. The molecule has 1 nitrogen and oxygen atoms in total. The molecule has 0 heterocycles. The Morgan fingerprint density at radius 3 is 0.688 bits per heavy atom. The van der Waals surface area contributed by atoms with E-state index in [2.05, 4.69) is 141 Å². The predicted molar refractivity (Wildman–Crippen MR) is 326 cm³/mol. The normalized spacial score (nSPS) is 21.9. The molecule has 6 aliphatic rings. The predicted octanol–water partition coefficient (Wildman–Crippen LogP) is 23.9. The van der Waals surface area contributed by atoms with E-state index in [1.807, 2.05) is 20.8 Å². The van der Waals surface area contributed by atoms with Crippen LogP contribution in [0, 0.1) is 109 Å². The number of alkyl halides is 6. The first-order valence-electron chi connectivity index (χ1n) is 29.8. The Bertz CT molecular complexity index is 1620. The molecule has 0 bridgehead atoms. The number of carbonyl (C=O) groups is 1. The van der Waals surface area contributed by atoms with Gasteiger partial charge < -0.3 is 4.79 Å². The SMILES string of the molecule is C#CC(C)(C)C.C#CC(C)(C)CC.C#CC1(C)CC1.C#CC1(CC)CCCC1.CC(C)(C(F)(F)F)C(F)(F)F.CC(C)=O.CC1(C)CCC(C)(C)CC1.CC1(C)CCC(C)(C)CC1.CC1(C)CCCC1.CC1(C)CCCC1. The van der Waals surface area contributed by atoms with E-state index in [1.54, 1.807) is 0 Å². The molecule has 0 aromatic rings. The Kier molecular flexibility index (Phi) is 35.8. The number of halogens is 6. The highest BCUT2D eigenvalue weighted by Gasteiger charge is 2.64. The molecule has 0 aromatic carbocycles. The highest BCUT2D eigenvalue weighted by molar-refractivity contribution is 5.72. The van der Waals surface area contributed by atoms with Crippen molar-refractivity contribution in [1.29, 1.82) is 0 Å². The highest BCUT2D eigenvalue weighted by Crippen LogP contribution is 2.50. The molecular formula is C70H124F6O. The van der Waals surface area contributed by atoms with Gasteiger partial charge in [-0.1, -0.05) is 141 Å². The van der Waals surface area contributed by atoms with E-state index in [9.17, 15) is 31.1 Å². The van der Waals surface area contributed by atoms with Crippen LogP contribution >= 0.6 is 0 Å². The Balaban J connectivity index is -0.000000388. The van der Waals surface area contributed by atoms with Crippen LogP contribution in [-0.2, 0) is 4.79 Å². The summed E-state index contributed by atoms with van der Waals surface area (Å²) in [7, 11) is 0. The average molecular weight is 1100 g/mol. The number of Topliss-reactive ketones (excluding diaryl/α,β-unsaturated/α-hetero) is 1. The molecule has 0 radical (unpaired) electrons. The maximum absolute atomic E-state index is 11.6. The largest absolute Gasteiger partial charge is 0.402 e. The summed E-state index contributed by atoms with van der Waals surface area (Å²) in [5.41, 5.74) is 1.11. The molecule has 0 aromatic heterocycles. The van der Waals surface area contributed by atoms with Crippen molar-refractivity contribution in [1.82, 2.24) is 0 Å². The van der Waals surface area contributed by atoms with Crippen LogP contribution in [0.15, 0.2) is 0 Å². The molecule has 6 fully saturated rings. The van der Waals surface area contributed by atoms with Crippen molar-refractivity contribution in [3.05, 3.63) is 0 Å². The smallest absolute Gasteiger partial charge is 0.300 e. The first-order chi connectivity index (χ1) is 34.3. The third-order valence-electron chi connectivity index (χ3n) is 16.8. The second-order valence-electron chi connectivity index (χ2n) is 30.9. The molecule has 6 saturated carbocycles. The van der Waals surface area contributed by atoms with Gasteiger partial charge in [-0.2, -0.15) is 26.3 Å². The summed E-state index contributed by atoms with van der Waals surface area (Å²) >= 11 is 0. The second-order valence-corrected chi connectivity index (χ2v) is 30.9. The molecule has 0 aliphatic heterocycles. The molecule has 0 saturated heterocycles. The Hall–Kier alpha value is -2.51. The van der Waals surface area contributed by atoms with Gasteiger partial charge in [-0.15, -0.1) is 43.5 Å². The summed E-state index contributed by atoms with van der Waals surface area (Å²) in [5.74, 6) is 11.1. The second kappa shape index (κ2) is 34.1. The molecule has 7 heteroatoms. The number of hydrogen-bond donors (Lipinski definition) is 0. The summed E-state index contributed by atoms with van der Waals surface area (Å²) in [6.07, 6.45) is 43.2. The fraction of sp³-hybridized carbons (Fsp3) is 0.871. The molecule has 452 valence electrons. The lowest BCUT2D eigenvalue weighted by atomic mass is 9.67. The van der Waals surface area contributed by atoms with E-state index in [0.29, 0.717) is 43.3 Å². The third kappa shape index (κ3) is 43.0. The fourth-order valence-corrected chi connectivity index (χ4v) is 8.12. The van der Waals surface area contributed by atoms with Crippen LogP contribution in [-0.4, -0.2) is 18.1 Å². The lowest BCUT2D eigenvalue weighted by molar-refractivity contribution is -0.327. The molecule has 6 aliphatic carbocycles. The molecule has 0 amide bonds. The van der Waals surface area contributed by atoms with Gasteiger partial charge in [0, 0.05) is 21.7 Å². The molecule has 6 rings (SSSR count). The maximum Gasteiger partial charge on any atom is 0.402 e. The molecule has 0 spiro atoms. The highest BCUT2D eigenvalue weighted by atomic mass is 19.4. The quantitative estimate of drug-likeness (QED) is 0.199. The summed E-state index contributed by atoms with van der Waals surface area (Å²) < 4.78 is 69.7. The summed E-state index contributed by atoms with van der Waals surface area (Å²) in [5, 5.41) is 0. The van der Waals surface area contributed by atoms with Gasteiger partial charge in [0.1, 0.15) is 5.78 Å². The number of rotatable bonds is 2. The summed E-state index contributed by atoms with van der Waals surface area (Å²) in [6.45, 7) is 48.4. The zero-order valence-electron chi connectivity index (χ0n) is 55.0. The van der Waals surface area contributed by atoms with Crippen LogP contribution in [0.2, 0.25) is 0 Å². The van der Waals surface area contributed by atoms with Gasteiger partial charge >= 0.3 is 12.4 Å². The first kappa shape index (κ1) is 81.0. The number of carbonyl (C=O) groups excluding carboxylic acids is 1. The zero-order valence-corrected chi connectivity index (χ0v) is 55.0. The minimum absolute atomic E-state index is 0.0694. The van der Waals surface area contributed by atoms with Gasteiger partial charge in [-0.25, -0.2) is 0 Å². The van der Waals surface area contributed by atoms with Gasteiger partial charge in [0.05, 0.1) is 0 Å². The van der Waals surface area contributed by atoms with Gasteiger partial charge in [-0.3, -0.25) is 0 Å². The molecule has 0 N–H and O–H groups in total. The van der Waals surface area contributed by atoms with Crippen LogP contribution in [0.4, 0.5) is 26.3 Å². The number of hydrogen-bond acceptors (Lipinski definition) is 1. The minimum atomic E-state index is -5.24. The molecular weight excluding hydrogens is 971 g/mol. The Labute approximate surface area is 476 Å². The van der Waals surface area contributed by atoms with E-state index >= 15 is 0 Å². The summed E-state index contributed by atoms with van der Waals surface area (Å²) in [4.78, 5) is 9.44. The van der Waals surface area contributed by atoms with Crippen molar-refractivity contribution in [2.24, 2.45) is 59.6 Å². The van der Waals surface area contributed by atoms with E-state index in [-0.39, 0.29) is 30.5 Å². The lowest BCUT2D eigenvalue weighted by Gasteiger charge is -2.39. The van der Waals surface area contributed by atoms with Crippen molar-refractivity contribution >= 4 is 5.78 Å². The van der Waals surface area contributed by atoms with Crippen molar-refractivity contribution < 1.29 is 31.1 Å². The van der Waals surface area contributed by atoms with E-state index in [1.165, 1.54) is 162 Å². The van der Waals surface area contributed by atoms with Gasteiger partial charge in [-0.05, 0) is 217 Å². The Morgan fingerprint density at radius 2 is 0.623 bits per heavy atom. The number of terminal acetylenes is 4. The molecule has 77 heavy (non-hydrogen) atoms. The summed E-state index contributed by atoms with van der Waals surface area (Å²) in [6, 6.07) is 0. The molecule has 0 unspecified atom stereocenters. The van der Waals surface area contributed by atoms with E-state index < -0.39 is 17.8 Å². The van der Waals surface area contributed by atoms with Crippen molar-refractivity contribution in [2.45, 2.75) is 333 Å².